The van der Waals surface area contributed by atoms with Crippen LogP contribution in [0.25, 0.3) is 0 Å². The number of benzene rings is 1. The summed E-state index contributed by atoms with van der Waals surface area (Å²) in [5.74, 6) is -0.591. The highest BCUT2D eigenvalue weighted by Gasteiger charge is 2.46. The van der Waals surface area contributed by atoms with Gasteiger partial charge >= 0.3 is 21.6 Å². The largest absolute Gasteiger partial charge is 0.516 e. The maximum Gasteiger partial charge on any atom is 0.516 e. The summed E-state index contributed by atoms with van der Waals surface area (Å²) in [6.07, 6.45) is 0. The van der Waals surface area contributed by atoms with Gasteiger partial charge in [0.25, 0.3) is 5.91 Å². The van der Waals surface area contributed by atoms with Crippen LogP contribution in [0.2, 0.25) is 0 Å². The summed E-state index contributed by atoms with van der Waals surface area (Å²) >= 11 is 0. The molecule has 0 saturated carbocycles. The maximum absolute atomic E-state index is 12.5. The first-order valence-corrected chi connectivity index (χ1v) is 7.73. The van der Waals surface area contributed by atoms with E-state index in [-0.39, 0.29) is 23.5 Å². The molecular formula is C12H12F3N3O4S. The highest BCUT2D eigenvalue weighted by molar-refractivity contribution is 7.93. The number of carbonyl (C=O) groups excluding carboxylic acids is 2. The van der Waals surface area contributed by atoms with Gasteiger partial charge < -0.3 is 5.32 Å². The predicted molar refractivity (Wildman–Crippen MR) is 75.4 cm³/mol. The summed E-state index contributed by atoms with van der Waals surface area (Å²) in [4.78, 5) is 24.1. The van der Waals surface area contributed by atoms with Crippen molar-refractivity contribution in [3.63, 3.8) is 0 Å². The van der Waals surface area contributed by atoms with Gasteiger partial charge in [0.1, 0.15) is 0 Å². The van der Waals surface area contributed by atoms with Gasteiger partial charge in [-0.15, -0.1) is 0 Å². The lowest BCUT2D eigenvalue weighted by Crippen LogP contribution is -2.32. The van der Waals surface area contributed by atoms with Crippen LogP contribution >= 0.6 is 0 Å². The van der Waals surface area contributed by atoms with E-state index in [0.29, 0.717) is 5.56 Å². The van der Waals surface area contributed by atoms with Crippen LogP contribution < -0.4 is 14.9 Å². The van der Waals surface area contributed by atoms with E-state index in [1.807, 2.05) is 0 Å². The molecule has 11 heteroatoms. The van der Waals surface area contributed by atoms with Crippen LogP contribution in [0.3, 0.4) is 0 Å². The second-order valence-corrected chi connectivity index (χ2v) is 6.57. The van der Waals surface area contributed by atoms with Gasteiger partial charge in [-0.25, -0.2) is 9.69 Å². The van der Waals surface area contributed by atoms with Crippen molar-refractivity contribution in [2.45, 2.75) is 19.4 Å². The van der Waals surface area contributed by atoms with Gasteiger partial charge in [-0.05, 0) is 31.0 Å². The Labute approximate surface area is 129 Å². The first-order chi connectivity index (χ1) is 10.4. The smallest absolute Gasteiger partial charge is 0.328 e. The summed E-state index contributed by atoms with van der Waals surface area (Å²) in [7, 11) is -5.61. The average Bonchev–Trinajstić information content (AvgIpc) is 2.71. The Morgan fingerprint density at radius 1 is 1.17 bits per heavy atom. The minimum absolute atomic E-state index is 0.00970. The molecule has 1 aromatic carbocycles. The second-order valence-electron chi connectivity index (χ2n) is 4.89. The molecule has 1 fully saturated rings. The number of hydrogen-bond donors (Lipinski definition) is 2. The van der Waals surface area contributed by atoms with Crippen LogP contribution in [0.15, 0.2) is 12.1 Å². The third-order valence-corrected chi connectivity index (χ3v) is 4.27. The molecule has 0 spiro atoms. The number of imide groups is 1. The molecule has 1 heterocycles. The van der Waals surface area contributed by atoms with Crippen molar-refractivity contribution in [1.29, 1.82) is 0 Å². The van der Waals surface area contributed by atoms with Gasteiger partial charge in [0, 0.05) is 0 Å². The molecule has 0 bridgehead atoms. The van der Waals surface area contributed by atoms with Gasteiger partial charge in [-0.2, -0.15) is 21.6 Å². The molecule has 2 N–H and O–H groups in total. The molecule has 0 unspecified atom stereocenters. The van der Waals surface area contributed by atoms with E-state index >= 15 is 0 Å². The molecule has 1 aromatic rings. The fourth-order valence-electron chi connectivity index (χ4n) is 2.06. The van der Waals surface area contributed by atoms with Gasteiger partial charge in [-0.1, -0.05) is 6.07 Å². The lowest BCUT2D eigenvalue weighted by Gasteiger charge is -2.19. The first-order valence-electron chi connectivity index (χ1n) is 6.25. The molecule has 23 heavy (non-hydrogen) atoms. The topological polar surface area (TPSA) is 95.6 Å². The number of sulfonamides is 1. The molecule has 0 atom stereocenters. The number of nitrogens with zero attached hydrogens (tertiary/aromatic N) is 1. The molecule has 1 aliphatic rings. The second kappa shape index (κ2) is 5.41. The fraction of sp³-hybridized carbons (Fsp3) is 0.333. The summed E-state index contributed by atoms with van der Waals surface area (Å²) in [5, 5.41) is 2.27. The summed E-state index contributed by atoms with van der Waals surface area (Å²) < 4.78 is 61.3. The number of rotatable bonds is 3. The predicted octanol–water partition coefficient (Wildman–Crippen LogP) is 1.62. The zero-order valence-corrected chi connectivity index (χ0v) is 12.8. The fourth-order valence-corrected chi connectivity index (χ4v) is 2.69. The molecule has 1 aliphatic heterocycles. The standard InChI is InChI=1S/C12H12F3N3O4S/c1-6-3-7(2)9(18-10(19)5-16-11(18)20)4-8(6)17-23(21,22)12(13,14)15/h3-4,17H,5H2,1-2H3,(H,16,20). The number of carbonyl (C=O) groups is 2. The Morgan fingerprint density at radius 2 is 1.78 bits per heavy atom. The van der Waals surface area contributed by atoms with E-state index in [4.69, 9.17) is 0 Å². The van der Waals surface area contributed by atoms with Gasteiger partial charge in [0.2, 0.25) is 0 Å². The van der Waals surface area contributed by atoms with Crippen molar-refractivity contribution in [3.05, 3.63) is 23.3 Å². The highest BCUT2D eigenvalue weighted by Crippen LogP contribution is 2.32. The number of hydrogen-bond acceptors (Lipinski definition) is 4. The van der Waals surface area contributed by atoms with E-state index < -0.39 is 27.5 Å². The Kier molecular flexibility index (Phi) is 4.01. The summed E-state index contributed by atoms with van der Waals surface area (Å²) in [5.41, 5.74) is -5.19. The minimum atomic E-state index is -5.61. The van der Waals surface area contributed by atoms with E-state index in [2.05, 4.69) is 5.32 Å². The van der Waals surface area contributed by atoms with E-state index in [1.54, 1.807) is 6.92 Å². The Bertz CT molecular complexity index is 773. The number of urea groups is 1. The lowest BCUT2D eigenvalue weighted by molar-refractivity contribution is -0.115. The molecule has 3 amide bonds. The Hall–Kier alpha value is -2.30. The zero-order chi connectivity index (χ0) is 17.6. The number of alkyl halides is 3. The number of amides is 3. The van der Waals surface area contributed by atoms with Crippen LogP contribution in [0.1, 0.15) is 11.1 Å². The number of halogens is 3. The van der Waals surface area contributed by atoms with Crippen LogP contribution in [0.5, 0.6) is 0 Å². The van der Waals surface area contributed by atoms with Crippen molar-refractivity contribution < 1.29 is 31.2 Å². The molecule has 0 aromatic heterocycles. The van der Waals surface area contributed by atoms with Crippen molar-refractivity contribution >= 4 is 33.3 Å². The Morgan fingerprint density at radius 3 is 2.26 bits per heavy atom. The zero-order valence-electron chi connectivity index (χ0n) is 12.0. The average molecular weight is 351 g/mol. The van der Waals surface area contributed by atoms with Crippen molar-refractivity contribution in [1.82, 2.24) is 5.32 Å². The summed E-state index contributed by atoms with van der Waals surface area (Å²) in [6, 6.07) is 1.67. The van der Waals surface area contributed by atoms with Crippen molar-refractivity contribution in [2.24, 2.45) is 0 Å². The normalized spacial score (nSPS) is 15.8. The molecule has 2 rings (SSSR count). The quantitative estimate of drug-likeness (QED) is 0.809. The number of anilines is 2. The van der Waals surface area contributed by atoms with Crippen molar-refractivity contribution in [2.75, 3.05) is 16.2 Å². The highest BCUT2D eigenvalue weighted by atomic mass is 32.2. The van der Waals surface area contributed by atoms with Crippen molar-refractivity contribution in [3.8, 4) is 0 Å². The molecule has 7 nitrogen and oxygen atoms in total. The minimum Gasteiger partial charge on any atom is -0.328 e. The molecule has 1 saturated heterocycles. The van der Waals surface area contributed by atoms with Crippen LogP contribution in [-0.4, -0.2) is 32.4 Å². The molecule has 126 valence electrons. The maximum atomic E-state index is 12.5. The third-order valence-electron chi connectivity index (χ3n) is 3.18. The van der Waals surface area contributed by atoms with Gasteiger partial charge in [0.15, 0.2) is 0 Å². The molecule has 0 radical (unpaired) electrons. The van der Waals surface area contributed by atoms with E-state index in [1.165, 1.54) is 17.7 Å². The first kappa shape index (κ1) is 17.1. The lowest BCUT2D eigenvalue weighted by atomic mass is 10.1. The number of aryl methyl sites for hydroxylation is 2. The van der Waals surface area contributed by atoms with Crippen LogP contribution in [-0.2, 0) is 14.8 Å². The third kappa shape index (κ3) is 3.09. The molecular weight excluding hydrogens is 339 g/mol. The molecule has 0 aliphatic carbocycles. The SMILES string of the molecule is Cc1cc(C)c(N2C(=O)CNC2=O)cc1NS(=O)(=O)C(F)(F)F. The number of nitrogens with one attached hydrogen (secondary N) is 2. The Balaban J connectivity index is 2.49. The monoisotopic (exact) mass is 351 g/mol. The van der Waals surface area contributed by atoms with Gasteiger partial charge in [0.05, 0.1) is 17.9 Å². The summed E-state index contributed by atoms with van der Waals surface area (Å²) in [6.45, 7) is 2.70. The van der Waals surface area contributed by atoms with E-state index in [9.17, 15) is 31.2 Å². The van der Waals surface area contributed by atoms with Gasteiger partial charge in [-0.3, -0.25) is 9.52 Å². The van der Waals surface area contributed by atoms with Crippen LogP contribution in [0, 0.1) is 13.8 Å². The van der Waals surface area contributed by atoms with Crippen LogP contribution in [0.4, 0.5) is 29.3 Å². The van der Waals surface area contributed by atoms with E-state index in [0.717, 1.165) is 11.0 Å².